The molecular formula is C25H21FN2O5S. The topological polar surface area (TPSA) is 88.9 Å². The monoisotopic (exact) mass is 480 g/mol. The molecule has 3 aromatic carbocycles. The normalized spacial score (nSPS) is 11.1. The maximum Gasteiger partial charge on any atom is 0.291 e. The van der Waals surface area contributed by atoms with E-state index in [0.29, 0.717) is 22.9 Å². The summed E-state index contributed by atoms with van der Waals surface area (Å²) in [6.07, 6.45) is 0. The Morgan fingerprint density at radius 1 is 0.971 bits per heavy atom. The lowest BCUT2D eigenvalue weighted by Crippen LogP contribution is -2.26. The fourth-order valence-electron chi connectivity index (χ4n) is 3.12. The van der Waals surface area contributed by atoms with E-state index in [2.05, 4.69) is 5.32 Å². The first kappa shape index (κ1) is 23.1. The van der Waals surface area contributed by atoms with Crippen LogP contribution in [0.25, 0.3) is 0 Å². The number of nitrogens with zero attached hydrogens (tertiary/aromatic N) is 1. The van der Waals surface area contributed by atoms with Crippen LogP contribution in [-0.4, -0.2) is 21.4 Å². The second-order valence-electron chi connectivity index (χ2n) is 7.30. The second-order valence-corrected chi connectivity index (χ2v) is 9.27. The van der Waals surface area contributed by atoms with E-state index in [-0.39, 0.29) is 23.1 Å². The van der Waals surface area contributed by atoms with Gasteiger partial charge in [-0.05, 0) is 66.7 Å². The molecule has 1 aromatic heterocycles. The van der Waals surface area contributed by atoms with Gasteiger partial charge in [0.2, 0.25) is 0 Å². The molecule has 0 radical (unpaired) electrons. The molecular weight excluding hydrogens is 459 g/mol. The molecule has 0 aliphatic carbocycles. The van der Waals surface area contributed by atoms with Crippen molar-refractivity contribution in [2.24, 2.45) is 0 Å². The molecule has 34 heavy (non-hydrogen) atoms. The molecule has 0 atom stereocenters. The third-order valence-corrected chi connectivity index (χ3v) is 6.73. The van der Waals surface area contributed by atoms with E-state index >= 15 is 0 Å². The number of halogens is 1. The molecule has 1 amide bonds. The highest BCUT2D eigenvalue weighted by Crippen LogP contribution is 2.24. The quantitative estimate of drug-likeness (QED) is 0.380. The van der Waals surface area contributed by atoms with E-state index in [0.717, 1.165) is 0 Å². The average Bonchev–Trinajstić information content (AvgIpc) is 3.33. The number of ether oxygens (including phenoxy) is 1. The van der Waals surface area contributed by atoms with Gasteiger partial charge in [-0.25, -0.2) is 12.8 Å². The summed E-state index contributed by atoms with van der Waals surface area (Å²) < 4.78 is 51.2. The van der Waals surface area contributed by atoms with Crippen molar-refractivity contribution in [2.75, 3.05) is 16.7 Å². The van der Waals surface area contributed by atoms with Gasteiger partial charge in [-0.1, -0.05) is 24.3 Å². The lowest BCUT2D eigenvalue weighted by atomic mass is 10.3. The Labute approximate surface area is 196 Å². The van der Waals surface area contributed by atoms with Crippen LogP contribution in [0.2, 0.25) is 0 Å². The molecule has 0 spiro atoms. The number of para-hydroxylation sites is 1. The van der Waals surface area contributed by atoms with E-state index in [1.165, 1.54) is 53.8 Å². The van der Waals surface area contributed by atoms with Gasteiger partial charge in [0.05, 0.1) is 10.6 Å². The number of anilines is 2. The van der Waals surface area contributed by atoms with Crippen molar-refractivity contribution in [3.05, 3.63) is 108 Å². The molecule has 1 heterocycles. The summed E-state index contributed by atoms with van der Waals surface area (Å²) in [6.45, 7) is 0.0540. The van der Waals surface area contributed by atoms with Crippen molar-refractivity contribution in [2.45, 2.75) is 11.5 Å². The molecule has 0 bridgehead atoms. The van der Waals surface area contributed by atoms with E-state index < -0.39 is 15.9 Å². The predicted octanol–water partition coefficient (Wildman–Crippen LogP) is 5.08. The largest absolute Gasteiger partial charge is 0.486 e. The van der Waals surface area contributed by atoms with Crippen LogP contribution in [0.5, 0.6) is 5.75 Å². The van der Waals surface area contributed by atoms with Crippen LogP contribution in [0.3, 0.4) is 0 Å². The van der Waals surface area contributed by atoms with Crippen molar-refractivity contribution < 1.29 is 26.8 Å². The first-order chi connectivity index (χ1) is 16.3. The lowest BCUT2D eigenvalue weighted by molar-refractivity contribution is 0.0992. The van der Waals surface area contributed by atoms with E-state index in [1.807, 2.05) is 0 Å². The molecule has 9 heteroatoms. The highest BCUT2D eigenvalue weighted by molar-refractivity contribution is 7.92. The zero-order valence-electron chi connectivity index (χ0n) is 18.1. The number of furan rings is 1. The van der Waals surface area contributed by atoms with Crippen LogP contribution in [0.4, 0.5) is 15.8 Å². The first-order valence-electron chi connectivity index (χ1n) is 10.3. The van der Waals surface area contributed by atoms with Crippen LogP contribution in [0.1, 0.15) is 16.3 Å². The van der Waals surface area contributed by atoms with Gasteiger partial charge >= 0.3 is 0 Å². The SMILES string of the molecule is CN(c1ccccc1)S(=O)(=O)c1cccc(NC(=O)c2ccc(COc3ccc(F)cc3)o2)c1. The third-order valence-electron chi connectivity index (χ3n) is 4.95. The van der Waals surface area contributed by atoms with Crippen molar-refractivity contribution in [3.63, 3.8) is 0 Å². The number of carbonyl (C=O) groups excluding carboxylic acids is 1. The standard InChI is InChI=1S/C25H21FN2O5S/c1-28(20-7-3-2-4-8-20)34(30,31)23-9-5-6-19(16-23)27-25(29)24-15-14-22(33-24)17-32-21-12-10-18(26)11-13-21/h2-16H,17H2,1H3,(H,27,29). The number of carbonyl (C=O) groups is 1. The Balaban J connectivity index is 1.43. The zero-order valence-corrected chi connectivity index (χ0v) is 19.0. The summed E-state index contributed by atoms with van der Waals surface area (Å²) in [5.41, 5.74) is 0.816. The third kappa shape index (κ3) is 5.26. The lowest BCUT2D eigenvalue weighted by Gasteiger charge is -2.19. The number of sulfonamides is 1. The van der Waals surface area contributed by atoms with Gasteiger partial charge in [-0.2, -0.15) is 0 Å². The Hall–Kier alpha value is -4.11. The Kier molecular flexibility index (Phi) is 6.65. The van der Waals surface area contributed by atoms with Crippen LogP contribution < -0.4 is 14.4 Å². The molecule has 174 valence electrons. The zero-order chi connectivity index (χ0) is 24.1. The molecule has 4 rings (SSSR count). The van der Waals surface area contributed by atoms with Crippen LogP contribution >= 0.6 is 0 Å². The number of nitrogens with one attached hydrogen (secondary N) is 1. The maximum absolute atomic E-state index is 13.0. The summed E-state index contributed by atoms with van der Waals surface area (Å²) in [7, 11) is -2.36. The number of benzene rings is 3. The minimum absolute atomic E-state index is 0.0319. The smallest absolute Gasteiger partial charge is 0.291 e. The van der Waals surface area contributed by atoms with Crippen molar-refractivity contribution in [1.29, 1.82) is 0 Å². The van der Waals surface area contributed by atoms with Gasteiger partial charge in [-0.15, -0.1) is 0 Å². The van der Waals surface area contributed by atoms with Crippen molar-refractivity contribution >= 4 is 27.3 Å². The molecule has 0 saturated heterocycles. The summed E-state index contributed by atoms with van der Waals surface area (Å²) in [5.74, 6) is -0.0168. The average molecular weight is 481 g/mol. The van der Waals surface area contributed by atoms with E-state index in [9.17, 15) is 17.6 Å². The highest BCUT2D eigenvalue weighted by Gasteiger charge is 2.22. The molecule has 4 aromatic rings. The van der Waals surface area contributed by atoms with Gasteiger partial charge in [0.15, 0.2) is 5.76 Å². The fourth-order valence-corrected chi connectivity index (χ4v) is 4.37. The second kappa shape index (κ2) is 9.80. The van der Waals surface area contributed by atoms with Gasteiger partial charge < -0.3 is 14.5 Å². The highest BCUT2D eigenvalue weighted by atomic mass is 32.2. The van der Waals surface area contributed by atoms with E-state index in [4.69, 9.17) is 9.15 Å². The van der Waals surface area contributed by atoms with Gasteiger partial charge in [0, 0.05) is 12.7 Å². The fraction of sp³-hybridized carbons (Fsp3) is 0.0800. The Morgan fingerprint density at radius 2 is 1.71 bits per heavy atom. The molecule has 0 aliphatic heterocycles. The maximum atomic E-state index is 13.0. The number of amides is 1. The van der Waals surface area contributed by atoms with Crippen LogP contribution in [0, 0.1) is 5.82 Å². The molecule has 1 N–H and O–H groups in total. The Bertz CT molecular complexity index is 1390. The minimum atomic E-state index is -3.83. The molecule has 7 nitrogen and oxygen atoms in total. The molecule has 0 unspecified atom stereocenters. The summed E-state index contributed by atoms with van der Waals surface area (Å²) in [4.78, 5) is 12.6. The van der Waals surface area contributed by atoms with Crippen molar-refractivity contribution in [3.8, 4) is 5.75 Å². The van der Waals surface area contributed by atoms with Gasteiger partial charge in [-0.3, -0.25) is 9.10 Å². The number of hydrogen-bond acceptors (Lipinski definition) is 5. The molecule has 0 fully saturated rings. The summed E-state index contributed by atoms with van der Waals surface area (Å²) in [6, 6.07) is 23.3. The van der Waals surface area contributed by atoms with Gasteiger partial charge in [0.1, 0.15) is 23.9 Å². The minimum Gasteiger partial charge on any atom is -0.486 e. The Morgan fingerprint density at radius 3 is 2.44 bits per heavy atom. The molecule has 0 aliphatic rings. The van der Waals surface area contributed by atoms with Crippen LogP contribution in [0.15, 0.2) is 100 Å². The first-order valence-corrected chi connectivity index (χ1v) is 11.7. The van der Waals surface area contributed by atoms with Gasteiger partial charge in [0.25, 0.3) is 15.9 Å². The summed E-state index contributed by atoms with van der Waals surface area (Å²) >= 11 is 0. The van der Waals surface area contributed by atoms with Crippen LogP contribution in [-0.2, 0) is 16.6 Å². The number of hydrogen-bond donors (Lipinski definition) is 1. The predicted molar refractivity (Wildman–Crippen MR) is 126 cm³/mol. The van der Waals surface area contributed by atoms with Crippen molar-refractivity contribution in [1.82, 2.24) is 0 Å². The molecule has 0 saturated carbocycles. The van der Waals surface area contributed by atoms with E-state index in [1.54, 1.807) is 48.5 Å². The summed E-state index contributed by atoms with van der Waals surface area (Å²) in [5, 5.41) is 2.64. The number of rotatable bonds is 8.